The molecule has 6 atom stereocenters. The van der Waals surface area contributed by atoms with E-state index in [2.05, 4.69) is 31.0 Å². The number of hydrogen-bond acceptors (Lipinski definition) is 2. The average molecular weight is 276 g/mol. The molecule has 20 heavy (non-hydrogen) atoms. The smallest absolute Gasteiger partial charge is 0.241 e. The van der Waals surface area contributed by atoms with Crippen LogP contribution in [0.1, 0.15) is 52.9 Å². The molecule has 2 bridgehead atoms. The molecule has 3 heteroatoms. The Balaban J connectivity index is 1.55. The van der Waals surface area contributed by atoms with Crippen molar-refractivity contribution in [3.8, 4) is 0 Å². The topological polar surface area (TPSA) is 32.3 Å². The third-order valence-corrected chi connectivity index (χ3v) is 6.47. The van der Waals surface area contributed by atoms with Gasteiger partial charge >= 0.3 is 0 Å². The van der Waals surface area contributed by atoms with Crippen LogP contribution in [-0.4, -0.2) is 29.1 Å². The lowest BCUT2D eigenvalue weighted by Gasteiger charge is -2.27. The first kappa shape index (κ1) is 13.1. The minimum absolute atomic E-state index is 0.0607. The third kappa shape index (κ3) is 1.65. The monoisotopic (exact) mass is 276 g/mol. The van der Waals surface area contributed by atoms with Gasteiger partial charge in [0.1, 0.15) is 0 Å². The number of carbonyl (C=O) groups excluding carboxylic acids is 1. The molecule has 112 valence electrons. The fourth-order valence-corrected chi connectivity index (χ4v) is 5.65. The Morgan fingerprint density at radius 3 is 2.45 bits per heavy atom. The third-order valence-electron chi connectivity index (χ3n) is 6.47. The molecule has 6 unspecified atom stereocenters. The lowest BCUT2D eigenvalue weighted by atomic mass is 10.0. The minimum atomic E-state index is 0.0607. The first-order valence-electron chi connectivity index (χ1n) is 8.71. The summed E-state index contributed by atoms with van der Waals surface area (Å²) in [5, 5.41) is 3.63. The van der Waals surface area contributed by atoms with Crippen molar-refractivity contribution < 1.29 is 4.79 Å². The van der Waals surface area contributed by atoms with Crippen LogP contribution in [0.2, 0.25) is 0 Å². The van der Waals surface area contributed by atoms with Gasteiger partial charge in [-0.1, -0.05) is 27.2 Å². The highest BCUT2D eigenvalue weighted by Crippen LogP contribution is 2.67. The van der Waals surface area contributed by atoms with Crippen LogP contribution >= 0.6 is 0 Å². The molecule has 3 saturated carbocycles. The second kappa shape index (κ2) is 4.46. The number of nitrogens with one attached hydrogen (secondary N) is 1. The maximum atomic E-state index is 12.8. The van der Waals surface area contributed by atoms with Gasteiger partial charge < -0.3 is 4.90 Å². The lowest BCUT2D eigenvalue weighted by molar-refractivity contribution is -0.132. The van der Waals surface area contributed by atoms with Gasteiger partial charge in [-0.3, -0.25) is 10.1 Å². The highest BCUT2D eigenvalue weighted by atomic mass is 16.2. The van der Waals surface area contributed by atoms with E-state index >= 15 is 0 Å². The summed E-state index contributed by atoms with van der Waals surface area (Å²) in [7, 11) is 0. The molecule has 4 fully saturated rings. The van der Waals surface area contributed by atoms with Gasteiger partial charge in [-0.15, -0.1) is 0 Å². The molecule has 1 amide bonds. The molecule has 3 nitrogen and oxygen atoms in total. The van der Waals surface area contributed by atoms with Gasteiger partial charge in [0.05, 0.1) is 12.2 Å². The standard InChI is InChI=1S/C17H28N2O/c1-4-5-12-18-15(9(2)3)17(20)19(12)16-13-10-6-7-11(8-10)14(13)16/h9-16,18H,4-8H2,1-3H3. The van der Waals surface area contributed by atoms with Crippen LogP contribution in [0.3, 0.4) is 0 Å². The summed E-state index contributed by atoms with van der Waals surface area (Å²) >= 11 is 0. The molecule has 1 heterocycles. The second-order valence-corrected chi connectivity index (χ2v) is 7.92. The van der Waals surface area contributed by atoms with E-state index in [1.165, 1.54) is 19.3 Å². The van der Waals surface area contributed by atoms with Crippen molar-refractivity contribution >= 4 is 5.91 Å². The molecule has 3 aliphatic carbocycles. The zero-order valence-electron chi connectivity index (χ0n) is 13.0. The molecular weight excluding hydrogens is 248 g/mol. The summed E-state index contributed by atoms with van der Waals surface area (Å²) in [6.45, 7) is 6.56. The summed E-state index contributed by atoms with van der Waals surface area (Å²) in [5.74, 6) is 4.43. The molecular formula is C17H28N2O. The van der Waals surface area contributed by atoms with E-state index in [0.29, 0.717) is 24.0 Å². The van der Waals surface area contributed by atoms with Crippen LogP contribution in [0.5, 0.6) is 0 Å². The van der Waals surface area contributed by atoms with E-state index in [9.17, 15) is 4.79 Å². The van der Waals surface area contributed by atoms with E-state index < -0.39 is 0 Å². The fourth-order valence-electron chi connectivity index (χ4n) is 5.65. The first-order valence-corrected chi connectivity index (χ1v) is 8.71. The lowest BCUT2D eigenvalue weighted by Crippen LogP contribution is -2.41. The SMILES string of the molecule is CCCC1NC(C(C)C)C(=O)N1C1C2C3CCC(C3)C21. The Bertz CT molecular complexity index is 405. The Morgan fingerprint density at radius 1 is 1.25 bits per heavy atom. The number of rotatable bonds is 4. The van der Waals surface area contributed by atoms with Crippen LogP contribution in [0, 0.1) is 29.6 Å². The summed E-state index contributed by atoms with van der Waals surface area (Å²) < 4.78 is 0. The van der Waals surface area contributed by atoms with E-state index in [4.69, 9.17) is 0 Å². The zero-order valence-corrected chi connectivity index (χ0v) is 13.0. The van der Waals surface area contributed by atoms with Crippen molar-refractivity contribution in [3.05, 3.63) is 0 Å². The Labute approximate surface area is 122 Å². The van der Waals surface area contributed by atoms with Crippen LogP contribution in [0.15, 0.2) is 0 Å². The van der Waals surface area contributed by atoms with Crippen molar-refractivity contribution in [1.82, 2.24) is 10.2 Å². The quantitative estimate of drug-likeness (QED) is 0.856. The molecule has 0 aromatic rings. The van der Waals surface area contributed by atoms with Crippen molar-refractivity contribution in [2.24, 2.45) is 29.6 Å². The van der Waals surface area contributed by atoms with Crippen LogP contribution in [-0.2, 0) is 4.79 Å². The van der Waals surface area contributed by atoms with Gasteiger partial charge in [0.2, 0.25) is 5.91 Å². The van der Waals surface area contributed by atoms with Crippen molar-refractivity contribution in [1.29, 1.82) is 0 Å². The summed E-state index contributed by atoms with van der Waals surface area (Å²) in [4.78, 5) is 15.1. The number of fused-ring (bicyclic) bond motifs is 5. The Hall–Kier alpha value is -0.570. The molecule has 1 saturated heterocycles. The van der Waals surface area contributed by atoms with E-state index in [1.807, 2.05) is 0 Å². The number of carbonyl (C=O) groups is 1. The van der Waals surface area contributed by atoms with Gasteiger partial charge in [-0.05, 0) is 55.3 Å². The van der Waals surface area contributed by atoms with Gasteiger partial charge in [0.15, 0.2) is 0 Å². The molecule has 0 aromatic carbocycles. The second-order valence-electron chi connectivity index (χ2n) is 7.92. The average Bonchev–Trinajstić information content (AvgIpc) is 2.76. The predicted octanol–water partition coefficient (Wildman–Crippen LogP) is 2.61. The highest BCUT2D eigenvalue weighted by molar-refractivity contribution is 5.85. The van der Waals surface area contributed by atoms with E-state index in [0.717, 1.165) is 36.5 Å². The molecule has 4 aliphatic rings. The van der Waals surface area contributed by atoms with Crippen molar-refractivity contribution in [2.75, 3.05) is 0 Å². The molecule has 4 rings (SSSR count). The van der Waals surface area contributed by atoms with Gasteiger partial charge in [0.25, 0.3) is 0 Å². The van der Waals surface area contributed by atoms with Crippen molar-refractivity contribution in [3.63, 3.8) is 0 Å². The first-order chi connectivity index (χ1) is 9.63. The summed E-state index contributed by atoms with van der Waals surface area (Å²) in [6.07, 6.45) is 6.91. The van der Waals surface area contributed by atoms with Crippen LogP contribution < -0.4 is 5.32 Å². The number of hydrogen-bond donors (Lipinski definition) is 1. The number of amides is 1. The number of nitrogens with zero attached hydrogens (tertiary/aromatic N) is 1. The van der Waals surface area contributed by atoms with Crippen molar-refractivity contribution in [2.45, 2.75) is 71.1 Å². The fraction of sp³-hybridized carbons (Fsp3) is 0.941. The normalized spacial score (nSPS) is 49.3. The predicted molar refractivity (Wildman–Crippen MR) is 78.9 cm³/mol. The van der Waals surface area contributed by atoms with Gasteiger partial charge in [-0.25, -0.2) is 0 Å². The summed E-state index contributed by atoms with van der Waals surface area (Å²) in [5.41, 5.74) is 0. The zero-order chi connectivity index (χ0) is 14.0. The van der Waals surface area contributed by atoms with Gasteiger partial charge in [0, 0.05) is 6.04 Å². The van der Waals surface area contributed by atoms with Crippen LogP contribution in [0.4, 0.5) is 0 Å². The molecule has 1 aliphatic heterocycles. The Morgan fingerprint density at radius 2 is 1.90 bits per heavy atom. The largest absolute Gasteiger partial charge is 0.322 e. The molecule has 1 N–H and O–H groups in total. The van der Waals surface area contributed by atoms with Crippen LogP contribution in [0.25, 0.3) is 0 Å². The van der Waals surface area contributed by atoms with E-state index in [-0.39, 0.29) is 6.04 Å². The van der Waals surface area contributed by atoms with E-state index in [1.54, 1.807) is 0 Å². The van der Waals surface area contributed by atoms with Gasteiger partial charge in [-0.2, -0.15) is 0 Å². The maximum Gasteiger partial charge on any atom is 0.241 e. The maximum absolute atomic E-state index is 12.8. The molecule has 0 aromatic heterocycles. The molecule has 0 spiro atoms. The molecule has 0 radical (unpaired) electrons. The summed E-state index contributed by atoms with van der Waals surface area (Å²) in [6, 6.07) is 0.659. The Kier molecular flexibility index (Phi) is 2.93. The highest BCUT2D eigenvalue weighted by Gasteiger charge is 2.69. The minimum Gasteiger partial charge on any atom is -0.322 e.